The highest BCUT2D eigenvalue weighted by Crippen LogP contribution is 2.30. The van der Waals surface area contributed by atoms with Crippen LogP contribution in [-0.2, 0) is 13.6 Å². The number of benzene rings is 1. The number of rotatable bonds is 4. The van der Waals surface area contributed by atoms with E-state index in [4.69, 9.17) is 0 Å². The molecule has 5 heteroatoms. The molecule has 1 amide bonds. The number of amides is 1. The molecule has 4 nitrogen and oxygen atoms in total. The number of nitrogens with zero attached hydrogens (tertiary/aromatic N) is 3. The van der Waals surface area contributed by atoms with E-state index in [1.165, 1.54) is 0 Å². The van der Waals surface area contributed by atoms with E-state index in [9.17, 15) is 4.79 Å². The largest absolute Gasteiger partial charge is 0.337 e. The van der Waals surface area contributed by atoms with Gasteiger partial charge in [-0.25, -0.2) is 4.98 Å². The third kappa shape index (κ3) is 2.72. The van der Waals surface area contributed by atoms with Gasteiger partial charge in [0.1, 0.15) is 5.82 Å². The standard InChI is InChI=1S/C15H16IN3O/c1-18-9-8-17-14(18)10-19(11-6-7-11)15(20)12-4-2-3-5-13(12)16/h2-5,8-9,11H,6-7,10H2,1H3. The maximum atomic E-state index is 12.8. The Labute approximate surface area is 131 Å². The summed E-state index contributed by atoms with van der Waals surface area (Å²) >= 11 is 2.22. The molecule has 3 rings (SSSR count). The average Bonchev–Trinajstić information content (AvgIpc) is 3.20. The SMILES string of the molecule is Cn1ccnc1CN(C(=O)c1ccccc1I)C1CC1. The third-order valence-corrected chi connectivity index (χ3v) is 4.53. The lowest BCUT2D eigenvalue weighted by Crippen LogP contribution is -2.34. The molecule has 1 aromatic heterocycles. The first-order valence-corrected chi connectivity index (χ1v) is 7.76. The van der Waals surface area contributed by atoms with Gasteiger partial charge >= 0.3 is 0 Å². The van der Waals surface area contributed by atoms with E-state index in [1.807, 2.05) is 47.0 Å². The van der Waals surface area contributed by atoms with Gasteiger partial charge < -0.3 is 9.47 Å². The highest BCUT2D eigenvalue weighted by atomic mass is 127. The number of aryl methyl sites for hydroxylation is 1. The van der Waals surface area contributed by atoms with Crippen molar-refractivity contribution in [3.8, 4) is 0 Å². The fourth-order valence-corrected chi connectivity index (χ4v) is 2.86. The molecular formula is C15H16IN3O. The summed E-state index contributed by atoms with van der Waals surface area (Å²) in [4.78, 5) is 19.1. The number of hydrogen-bond acceptors (Lipinski definition) is 2. The molecule has 104 valence electrons. The Kier molecular flexibility index (Phi) is 3.78. The molecule has 0 saturated heterocycles. The third-order valence-electron chi connectivity index (χ3n) is 3.59. The van der Waals surface area contributed by atoms with Crippen molar-refractivity contribution in [3.05, 3.63) is 51.6 Å². The number of carbonyl (C=O) groups is 1. The van der Waals surface area contributed by atoms with Crippen molar-refractivity contribution >= 4 is 28.5 Å². The fourth-order valence-electron chi connectivity index (χ4n) is 2.24. The van der Waals surface area contributed by atoms with Crippen molar-refractivity contribution in [1.29, 1.82) is 0 Å². The van der Waals surface area contributed by atoms with Gasteiger partial charge in [-0.2, -0.15) is 0 Å². The van der Waals surface area contributed by atoms with E-state index in [2.05, 4.69) is 27.6 Å². The first-order valence-electron chi connectivity index (χ1n) is 6.68. The van der Waals surface area contributed by atoms with Crippen LogP contribution < -0.4 is 0 Å². The second kappa shape index (κ2) is 5.55. The van der Waals surface area contributed by atoms with Crippen molar-refractivity contribution < 1.29 is 4.79 Å². The van der Waals surface area contributed by atoms with E-state index in [-0.39, 0.29) is 5.91 Å². The Balaban J connectivity index is 1.86. The van der Waals surface area contributed by atoms with Crippen molar-refractivity contribution in [2.45, 2.75) is 25.4 Å². The second-order valence-electron chi connectivity index (χ2n) is 5.10. The van der Waals surface area contributed by atoms with Gasteiger partial charge in [-0.3, -0.25) is 4.79 Å². The smallest absolute Gasteiger partial charge is 0.255 e. The number of imidazole rings is 1. The first kappa shape index (κ1) is 13.6. The van der Waals surface area contributed by atoms with Crippen LogP contribution in [0.15, 0.2) is 36.7 Å². The van der Waals surface area contributed by atoms with Crippen LogP contribution in [0.2, 0.25) is 0 Å². The first-order chi connectivity index (χ1) is 9.66. The Bertz CT molecular complexity index is 634. The number of aromatic nitrogens is 2. The molecule has 20 heavy (non-hydrogen) atoms. The molecule has 0 unspecified atom stereocenters. The molecule has 0 N–H and O–H groups in total. The van der Waals surface area contributed by atoms with Crippen molar-refractivity contribution in [1.82, 2.24) is 14.5 Å². The summed E-state index contributed by atoms with van der Waals surface area (Å²) in [5.41, 5.74) is 0.786. The predicted molar refractivity (Wildman–Crippen MR) is 85.3 cm³/mol. The van der Waals surface area contributed by atoms with Crippen LogP contribution in [0.5, 0.6) is 0 Å². The molecule has 0 atom stereocenters. The molecule has 1 aliphatic carbocycles. The van der Waals surface area contributed by atoms with Gasteiger partial charge in [-0.1, -0.05) is 12.1 Å². The zero-order chi connectivity index (χ0) is 14.1. The summed E-state index contributed by atoms with van der Waals surface area (Å²) in [5.74, 6) is 1.04. The van der Waals surface area contributed by atoms with Crippen molar-refractivity contribution in [3.63, 3.8) is 0 Å². The van der Waals surface area contributed by atoms with Crippen LogP contribution >= 0.6 is 22.6 Å². The molecule has 1 heterocycles. The Morgan fingerprint density at radius 3 is 2.80 bits per heavy atom. The summed E-state index contributed by atoms with van der Waals surface area (Å²) in [5, 5.41) is 0. The highest BCUT2D eigenvalue weighted by molar-refractivity contribution is 14.1. The van der Waals surface area contributed by atoms with Crippen molar-refractivity contribution in [2.24, 2.45) is 7.05 Å². The quantitative estimate of drug-likeness (QED) is 0.764. The second-order valence-corrected chi connectivity index (χ2v) is 6.26. The topological polar surface area (TPSA) is 38.1 Å². The molecular weight excluding hydrogens is 365 g/mol. The normalized spacial score (nSPS) is 14.3. The monoisotopic (exact) mass is 381 g/mol. The Hall–Kier alpha value is -1.37. The molecule has 0 radical (unpaired) electrons. The van der Waals surface area contributed by atoms with Crippen LogP contribution in [0, 0.1) is 3.57 Å². The zero-order valence-corrected chi connectivity index (χ0v) is 13.4. The lowest BCUT2D eigenvalue weighted by Gasteiger charge is -2.22. The van der Waals surface area contributed by atoms with Gasteiger partial charge in [-0.15, -0.1) is 0 Å². The molecule has 1 aromatic carbocycles. The van der Waals surface area contributed by atoms with Crippen LogP contribution in [0.3, 0.4) is 0 Å². The summed E-state index contributed by atoms with van der Waals surface area (Å²) in [7, 11) is 1.96. The van der Waals surface area contributed by atoms with E-state index >= 15 is 0 Å². The van der Waals surface area contributed by atoms with E-state index < -0.39 is 0 Å². The van der Waals surface area contributed by atoms with Gasteiger partial charge in [0.15, 0.2) is 0 Å². The predicted octanol–water partition coefficient (Wildman–Crippen LogP) is 2.83. The van der Waals surface area contributed by atoms with Gasteiger partial charge in [0.2, 0.25) is 0 Å². The maximum Gasteiger partial charge on any atom is 0.255 e. The summed E-state index contributed by atoms with van der Waals surface area (Å²) in [6.07, 6.45) is 5.88. The Morgan fingerprint density at radius 1 is 1.45 bits per heavy atom. The molecule has 0 spiro atoms. The number of hydrogen-bond donors (Lipinski definition) is 0. The summed E-state index contributed by atoms with van der Waals surface area (Å²) in [6, 6.07) is 8.12. The molecule has 0 bridgehead atoms. The van der Waals surface area contributed by atoms with Crippen LogP contribution in [0.4, 0.5) is 0 Å². The Morgan fingerprint density at radius 2 is 2.20 bits per heavy atom. The van der Waals surface area contributed by atoms with Gasteiger partial charge in [0.25, 0.3) is 5.91 Å². The number of halogens is 1. The molecule has 1 saturated carbocycles. The van der Waals surface area contributed by atoms with Crippen molar-refractivity contribution in [2.75, 3.05) is 0 Å². The average molecular weight is 381 g/mol. The minimum atomic E-state index is 0.112. The van der Waals surface area contributed by atoms with Gasteiger partial charge in [0, 0.05) is 29.1 Å². The lowest BCUT2D eigenvalue weighted by molar-refractivity contribution is 0.0723. The highest BCUT2D eigenvalue weighted by Gasteiger charge is 2.34. The summed E-state index contributed by atoms with van der Waals surface area (Å²) in [6.45, 7) is 0.581. The van der Waals surface area contributed by atoms with Crippen LogP contribution in [0.1, 0.15) is 29.0 Å². The zero-order valence-electron chi connectivity index (χ0n) is 11.3. The van der Waals surface area contributed by atoms with E-state index in [1.54, 1.807) is 6.20 Å². The fraction of sp³-hybridized carbons (Fsp3) is 0.333. The van der Waals surface area contributed by atoms with Gasteiger partial charge in [-0.05, 0) is 47.6 Å². The number of carbonyl (C=O) groups excluding carboxylic acids is 1. The minimum Gasteiger partial charge on any atom is -0.337 e. The minimum absolute atomic E-state index is 0.112. The molecule has 1 fully saturated rings. The van der Waals surface area contributed by atoms with Crippen LogP contribution in [0.25, 0.3) is 0 Å². The van der Waals surface area contributed by atoms with Crippen LogP contribution in [-0.4, -0.2) is 26.4 Å². The lowest BCUT2D eigenvalue weighted by atomic mass is 10.2. The maximum absolute atomic E-state index is 12.8. The van der Waals surface area contributed by atoms with E-state index in [0.717, 1.165) is 27.8 Å². The van der Waals surface area contributed by atoms with Gasteiger partial charge in [0.05, 0.1) is 12.1 Å². The van der Waals surface area contributed by atoms with E-state index in [0.29, 0.717) is 12.6 Å². The summed E-state index contributed by atoms with van der Waals surface area (Å²) < 4.78 is 2.97. The molecule has 1 aliphatic rings. The molecule has 2 aromatic rings. The molecule has 0 aliphatic heterocycles.